The van der Waals surface area contributed by atoms with Gasteiger partial charge in [0.15, 0.2) is 6.21 Å². The summed E-state index contributed by atoms with van der Waals surface area (Å²) >= 11 is 0. The van der Waals surface area contributed by atoms with Gasteiger partial charge in [-0.3, -0.25) is 0 Å². The lowest BCUT2D eigenvalue weighted by molar-refractivity contribution is -0.443. The average Bonchev–Trinajstić information content (AvgIpc) is 1.76. The summed E-state index contributed by atoms with van der Waals surface area (Å²) in [6, 6.07) is 0. The van der Waals surface area contributed by atoms with Gasteiger partial charge in [-0.2, -0.15) is 0 Å². The Morgan fingerprint density at radius 2 is 2.80 bits per heavy atom. The maximum absolute atomic E-state index is 3.79. The molecule has 0 aromatic heterocycles. The second kappa shape index (κ2) is 0.971. The number of hydrogen-bond donors (Lipinski definition) is 1. The van der Waals surface area contributed by atoms with Crippen LogP contribution in [-0.4, -0.2) is 19.1 Å². The van der Waals surface area contributed by atoms with Gasteiger partial charge in [0, 0.05) is 0 Å². The molecule has 2 nitrogen and oxygen atoms in total. The Hall–Kier alpha value is -0.660. The van der Waals surface area contributed by atoms with Gasteiger partial charge in [0.1, 0.15) is 0 Å². The van der Waals surface area contributed by atoms with Gasteiger partial charge in [0.25, 0.3) is 0 Å². The molecule has 0 aromatic rings. The first-order valence-corrected chi connectivity index (χ1v) is 1.55. The standard InChI is InChI=1S/C3H4N2/c1-2-5-3-4-1/h1-2H,3H2/p+1. The lowest BCUT2D eigenvalue weighted by atomic mass is 10.9. The third-order valence-corrected chi connectivity index (χ3v) is 0.480. The number of rotatable bonds is 0. The van der Waals surface area contributed by atoms with Gasteiger partial charge in [-0.25, -0.2) is 9.98 Å². The van der Waals surface area contributed by atoms with Crippen molar-refractivity contribution in [1.82, 2.24) is 0 Å². The van der Waals surface area contributed by atoms with Crippen LogP contribution in [0.15, 0.2) is 4.99 Å². The van der Waals surface area contributed by atoms with Gasteiger partial charge in [0.2, 0.25) is 6.67 Å². The Morgan fingerprint density at radius 1 is 1.80 bits per heavy atom. The lowest BCUT2D eigenvalue weighted by Crippen LogP contribution is -2.65. The predicted octanol–water partition coefficient (Wildman–Crippen LogP) is -1.82. The molecule has 5 heavy (non-hydrogen) atoms. The molecular formula is C3H5N2+. The molecule has 0 atom stereocenters. The van der Waals surface area contributed by atoms with E-state index in [1.54, 1.807) is 6.21 Å². The van der Waals surface area contributed by atoms with E-state index in [1.165, 1.54) is 0 Å². The van der Waals surface area contributed by atoms with Gasteiger partial charge in [-0.05, 0) is 0 Å². The second-order valence-corrected chi connectivity index (χ2v) is 0.861. The zero-order valence-corrected chi connectivity index (χ0v) is 2.81. The molecule has 0 aromatic carbocycles. The van der Waals surface area contributed by atoms with Crippen LogP contribution in [0.1, 0.15) is 0 Å². The highest BCUT2D eigenvalue weighted by molar-refractivity contribution is 6.13. The summed E-state index contributed by atoms with van der Waals surface area (Å²) in [5, 5.41) is 0. The van der Waals surface area contributed by atoms with Crippen molar-refractivity contribution in [2.75, 3.05) is 6.67 Å². The molecule has 1 aliphatic rings. The topological polar surface area (TPSA) is 26.3 Å². The minimum absolute atomic E-state index is 0.764. The summed E-state index contributed by atoms with van der Waals surface area (Å²) in [5.74, 6) is 0. The van der Waals surface area contributed by atoms with Crippen molar-refractivity contribution in [1.29, 1.82) is 0 Å². The van der Waals surface area contributed by atoms with Crippen LogP contribution in [0.25, 0.3) is 0 Å². The number of nitrogens with one attached hydrogen (secondary N) is 1. The van der Waals surface area contributed by atoms with Crippen LogP contribution in [0, 0.1) is 0 Å². The van der Waals surface area contributed by atoms with E-state index in [1.807, 2.05) is 6.21 Å². The van der Waals surface area contributed by atoms with Crippen molar-refractivity contribution in [2.24, 2.45) is 4.99 Å². The third-order valence-electron chi connectivity index (χ3n) is 0.480. The molecule has 0 spiro atoms. The molecule has 0 saturated heterocycles. The van der Waals surface area contributed by atoms with Gasteiger partial charge in [-0.1, -0.05) is 0 Å². The van der Waals surface area contributed by atoms with E-state index < -0.39 is 0 Å². The van der Waals surface area contributed by atoms with E-state index in [9.17, 15) is 0 Å². The Kier molecular flexibility index (Phi) is 0.499. The van der Waals surface area contributed by atoms with E-state index in [2.05, 4.69) is 9.98 Å². The largest absolute Gasteiger partial charge is 0.234 e. The molecule has 1 aliphatic heterocycles. The van der Waals surface area contributed by atoms with E-state index in [-0.39, 0.29) is 0 Å². The summed E-state index contributed by atoms with van der Waals surface area (Å²) < 4.78 is 0. The molecule has 0 saturated carbocycles. The first-order chi connectivity index (χ1) is 2.50. The van der Waals surface area contributed by atoms with E-state index in [0.717, 1.165) is 6.67 Å². The van der Waals surface area contributed by atoms with Crippen molar-refractivity contribution in [3.63, 3.8) is 0 Å². The monoisotopic (exact) mass is 69.0 g/mol. The van der Waals surface area contributed by atoms with E-state index >= 15 is 0 Å². The lowest BCUT2D eigenvalue weighted by Gasteiger charge is -1.54. The van der Waals surface area contributed by atoms with Gasteiger partial charge < -0.3 is 0 Å². The highest BCUT2D eigenvalue weighted by Crippen LogP contribution is 1.48. The Labute approximate surface area is 30.3 Å². The highest BCUT2D eigenvalue weighted by atomic mass is 14.9. The van der Waals surface area contributed by atoms with Crippen molar-refractivity contribution in [3.8, 4) is 0 Å². The summed E-state index contributed by atoms with van der Waals surface area (Å²) in [5.41, 5.74) is 0. The fourth-order valence-electron chi connectivity index (χ4n) is 0.264. The maximum Gasteiger partial charge on any atom is 0.234 e. The zero-order chi connectivity index (χ0) is 3.54. The zero-order valence-electron chi connectivity index (χ0n) is 2.81. The van der Waals surface area contributed by atoms with Gasteiger partial charge in [-0.15, -0.1) is 0 Å². The molecular weight excluding hydrogens is 64.0 g/mol. The van der Waals surface area contributed by atoms with Crippen molar-refractivity contribution in [2.45, 2.75) is 0 Å². The minimum Gasteiger partial charge on any atom is -0.227 e. The van der Waals surface area contributed by atoms with Crippen molar-refractivity contribution in [3.05, 3.63) is 0 Å². The molecule has 1 N–H and O–H groups in total. The van der Waals surface area contributed by atoms with Crippen molar-refractivity contribution < 1.29 is 4.99 Å². The number of aliphatic imine (C=N–C) groups is 1. The van der Waals surface area contributed by atoms with E-state index in [4.69, 9.17) is 0 Å². The fraction of sp³-hybridized carbons (Fsp3) is 0.333. The molecule has 0 bridgehead atoms. The molecule has 1 rings (SSSR count). The molecule has 26 valence electrons. The third kappa shape index (κ3) is 0.318. The highest BCUT2D eigenvalue weighted by Gasteiger charge is 1.80. The Bertz CT molecular complexity index is 63.0. The van der Waals surface area contributed by atoms with Crippen LogP contribution >= 0.6 is 0 Å². The molecule has 0 unspecified atom stereocenters. The first kappa shape index (κ1) is 2.57. The molecule has 0 fully saturated rings. The number of nitrogens with zero attached hydrogens (tertiary/aromatic N) is 1. The van der Waals surface area contributed by atoms with Crippen LogP contribution in [0.2, 0.25) is 0 Å². The summed E-state index contributed by atoms with van der Waals surface area (Å²) in [6.45, 7) is 0.764. The second-order valence-electron chi connectivity index (χ2n) is 0.861. The first-order valence-electron chi connectivity index (χ1n) is 1.55. The van der Waals surface area contributed by atoms with Crippen LogP contribution in [0.4, 0.5) is 0 Å². The molecule has 2 heteroatoms. The summed E-state index contributed by atoms with van der Waals surface area (Å²) in [4.78, 5) is 6.67. The molecule has 0 amide bonds. The fourth-order valence-corrected chi connectivity index (χ4v) is 0.264. The smallest absolute Gasteiger partial charge is 0.227 e. The van der Waals surface area contributed by atoms with Crippen LogP contribution in [0.3, 0.4) is 0 Å². The Balaban J connectivity index is 2.61. The summed E-state index contributed by atoms with van der Waals surface area (Å²) in [7, 11) is 0. The van der Waals surface area contributed by atoms with Crippen molar-refractivity contribution >= 4 is 12.4 Å². The summed E-state index contributed by atoms with van der Waals surface area (Å²) in [6.07, 6.45) is 3.57. The SMILES string of the molecule is C1=NC[NH+]=C1. The number of hydrogen-bond acceptors (Lipinski definition) is 1. The quantitative estimate of drug-likeness (QED) is 0.347. The molecule has 0 radical (unpaired) electrons. The van der Waals surface area contributed by atoms with Crippen LogP contribution < -0.4 is 4.99 Å². The predicted molar refractivity (Wildman–Crippen MR) is 20.4 cm³/mol. The molecule has 1 heterocycles. The van der Waals surface area contributed by atoms with Crippen LogP contribution in [0.5, 0.6) is 0 Å². The maximum atomic E-state index is 3.79. The normalized spacial score (nSPS) is 17.6. The van der Waals surface area contributed by atoms with Crippen LogP contribution in [-0.2, 0) is 0 Å². The minimum atomic E-state index is 0.764. The van der Waals surface area contributed by atoms with Gasteiger partial charge >= 0.3 is 0 Å². The van der Waals surface area contributed by atoms with Gasteiger partial charge in [0.05, 0.1) is 6.21 Å². The van der Waals surface area contributed by atoms with E-state index in [0.29, 0.717) is 0 Å². The Morgan fingerprint density at radius 3 is 3.00 bits per heavy atom. The molecule has 0 aliphatic carbocycles. The average molecular weight is 69.1 g/mol.